The number of pyridine rings is 1. The number of ether oxygens (including phenoxy) is 1. The fraction of sp³-hybridized carbons (Fsp3) is 0.167. The molecule has 0 saturated carbocycles. The van der Waals surface area contributed by atoms with Crippen molar-refractivity contribution in [1.82, 2.24) is 4.98 Å². The molecule has 0 saturated heterocycles. The summed E-state index contributed by atoms with van der Waals surface area (Å²) in [5, 5.41) is 10.8. The number of hydrogen-bond acceptors (Lipinski definition) is 4. The quantitative estimate of drug-likeness (QED) is 0.673. The number of fused-ring (bicyclic) bond motifs is 1. The van der Waals surface area contributed by atoms with Gasteiger partial charge in [-0.3, -0.25) is 4.79 Å². The Morgan fingerprint density at radius 3 is 2.61 bits per heavy atom. The fourth-order valence-corrected chi connectivity index (χ4v) is 2.52. The highest BCUT2D eigenvalue weighted by Gasteiger charge is 2.13. The zero-order valence-electron chi connectivity index (χ0n) is 12.5. The van der Waals surface area contributed by atoms with E-state index >= 15 is 0 Å². The Bertz CT molecular complexity index is 859. The minimum Gasteiger partial charge on any atom is -0.487 e. The van der Waals surface area contributed by atoms with E-state index < -0.39 is 6.10 Å². The molecule has 118 valence electrons. The highest BCUT2D eigenvalue weighted by Crippen LogP contribution is 2.29. The normalized spacial score (nSPS) is 12.3. The average Bonchev–Trinajstić information content (AvgIpc) is 2.59. The van der Waals surface area contributed by atoms with Crippen molar-refractivity contribution in [3.8, 4) is 5.75 Å². The summed E-state index contributed by atoms with van der Waals surface area (Å²) < 4.78 is 5.85. The Hall–Kier alpha value is -2.63. The summed E-state index contributed by atoms with van der Waals surface area (Å²) in [6, 6.07) is 16.4. The number of H-pyrrole nitrogens is 1. The lowest BCUT2D eigenvalue weighted by Gasteiger charge is -2.15. The molecule has 0 aliphatic heterocycles. The zero-order chi connectivity index (χ0) is 16.2. The molecule has 0 unspecified atom stereocenters. The van der Waals surface area contributed by atoms with Gasteiger partial charge in [0.2, 0.25) is 5.56 Å². The van der Waals surface area contributed by atoms with Crippen LogP contribution in [0.15, 0.2) is 59.4 Å². The third-order valence-corrected chi connectivity index (χ3v) is 3.71. The van der Waals surface area contributed by atoms with Crippen molar-refractivity contribution in [2.24, 2.45) is 5.73 Å². The Morgan fingerprint density at radius 1 is 1.09 bits per heavy atom. The topological polar surface area (TPSA) is 88.3 Å². The lowest BCUT2D eigenvalue weighted by Crippen LogP contribution is -2.13. The fourth-order valence-electron chi connectivity index (χ4n) is 2.52. The highest BCUT2D eigenvalue weighted by atomic mass is 16.5. The summed E-state index contributed by atoms with van der Waals surface area (Å²) in [5.74, 6) is 0.564. The van der Waals surface area contributed by atoms with Gasteiger partial charge in [0.05, 0.1) is 11.6 Å². The van der Waals surface area contributed by atoms with Gasteiger partial charge in [-0.1, -0.05) is 36.4 Å². The van der Waals surface area contributed by atoms with Crippen molar-refractivity contribution in [3.05, 3.63) is 76.1 Å². The lowest BCUT2D eigenvalue weighted by molar-refractivity contribution is 0.188. The van der Waals surface area contributed by atoms with Crippen LogP contribution in [0.5, 0.6) is 5.75 Å². The molecule has 1 heterocycles. The molecule has 0 aliphatic carbocycles. The molecule has 0 amide bonds. The summed E-state index contributed by atoms with van der Waals surface area (Å²) in [6.45, 7) is 0.504. The predicted molar refractivity (Wildman–Crippen MR) is 89.4 cm³/mol. The average molecular weight is 310 g/mol. The Kier molecular flexibility index (Phi) is 4.41. The largest absolute Gasteiger partial charge is 0.487 e. The van der Waals surface area contributed by atoms with Gasteiger partial charge in [-0.25, -0.2) is 0 Å². The van der Waals surface area contributed by atoms with Crippen LogP contribution in [-0.2, 0) is 6.61 Å². The van der Waals surface area contributed by atoms with Gasteiger partial charge in [0.25, 0.3) is 0 Å². The summed E-state index contributed by atoms with van der Waals surface area (Å²) >= 11 is 0. The maximum Gasteiger partial charge on any atom is 0.248 e. The first-order chi connectivity index (χ1) is 11.2. The molecule has 0 aliphatic rings. The number of aliphatic hydroxyl groups is 1. The van der Waals surface area contributed by atoms with E-state index in [-0.39, 0.29) is 12.1 Å². The summed E-state index contributed by atoms with van der Waals surface area (Å²) in [4.78, 5) is 14.4. The SMILES string of the molecule is NC[C@H](O)c1ccc(OCc2ccccc2)c2[nH]c(=O)ccc12. The number of nitrogens with one attached hydrogen (secondary N) is 1. The molecule has 0 fully saturated rings. The minimum atomic E-state index is -0.786. The van der Waals surface area contributed by atoms with Gasteiger partial charge in [0.15, 0.2) is 0 Å². The number of aliphatic hydroxyl groups excluding tert-OH is 1. The van der Waals surface area contributed by atoms with E-state index in [1.165, 1.54) is 6.07 Å². The summed E-state index contributed by atoms with van der Waals surface area (Å²) in [5.41, 5.74) is 7.60. The van der Waals surface area contributed by atoms with Crippen LogP contribution in [0.1, 0.15) is 17.2 Å². The van der Waals surface area contributed by atoms with E-state index in [0.29, 0.717) is 23.4 Å². The first-order valence-electron chi connectivity index (χ1n) is 7.40. The minimum absolute atomic E-state index is 0.110. The molecule has 2 aromatic carbocycles. The van der Waals surface area contributed by atoms with E-state index in [9.17, 15) is 9.90 Å². The van der Waals surface area contributed by atoms with Crippen LogP contribution in [-0.4, -0.2) is 16.6 Å². The molecule has 0 bridgehead atoms. The van der Waals surface area contributed by atoms with Crippen LogP contribution in [0.2, 0.25) is 0 Å². The molecule has 0 spiro atoms. The number of aromatic amines is 1. The van der Waals surface area contributed by atoms with E-state index in [1.807, 2.05) is 30.3 Å². The molecular weight excluding hydrogens is 292 g/mol. The summed E-state index contributed by atoms with van der Waals surface area (Å²) in [7, 11) is 0. The van der Waals surface area contributed by atoms with Crippen molar-refractivity contribution in [2.75, 3.05) is 6.54 Å². The smallest absolute Gasteiger partial charge is 0.248 e. The zero-order valence-corrected chi connectivity index (χ0v) is 12.5. The summed E-state index contributed by atoms with van der Waals surface area (Å²) in [6.07, 6.45) is -0.786. The monoisotopic (exact) mass is 310 g/mol. The maximum absolute atomic E-state index is 11.7. The number of nitrogens with two attached hydrogens (primary N) is 1. The van der Waals surface area contributed by atoms with Crippen LogP contribution in [0, 0.1) is 0 Å². The van der Waals surface area contributed by atoms with Crippen molar-refractivity contribution in [1.29, 1.82) is 0 Å². The number of aromatic nitrogens is 1. The molecule has 3 aromatic rings. The van der Waals surface area contributed by atoms with Gasteiger partial charge in [-0.05, 0) is 23.3 Å². The molecular formula is C18H18N2O3. The van der Waals surface area contributed by atoms with E-state index in [1.54, 1.807) is 18.2 Å². The number of rotatable bonds is 5. The van der Waals surface area contributed by atoms with Crippen molar-refractivity contribution < 1.29 is 9.84 Å². The Morgan fingerprint density at radius 2 is 1.87 bits per heavy atom. The van der Waals surface area contributed by atoms with Gasteiger partial charge in [-0.15, -0.1) is 0 Å². The standard InChI is InChI=1S/C18H18N2O3/c19-10-15(21)13-6-8-16(18-14(13)7-9-17(22)20-18)23-11-12-4-2-1-3-5-12/h1-9,15,21H,10-11,19H2,(H,20,22)/t15-/m0/s1. The van der Waals surface area contributed by atoms with Crippen LogP contribution in [0.25, 0.3) is 10.9 Å². The Labute approximate surface area is 133 Å². The molecule has 23 heavy (non-hydrogen) atoms. The first kappa shape index (κ1) is 15.3. The van der Waals surface area contributed by atoms with E-state index in [2.05, 4.69) is 4.98 Å². The Balaban J connectivity index is 2.00. The second kappa shape index (κ2) is 6.64. The number of benzene rings is 2. The molecule has 5 heteroatoms. The first-order valence-corrected chi connectivity index (χ1v) is 7.40. The van der Waals surface area contributed by atoms with Crippen molar-refractivity contribution in [2.45, 2.75) is 12.7 Å². The molecule has 1 aromatic heterocycles. The molecule has 3 rings (SSSR count). The van der Waals surface area contributed by atoms with Gasteiger partial charge >= 0.3 is 0 Å². The third-order valence-electron chi connectivity index (χ3n) is 3.71. The van der Waals surface area contributed by atoms with Crippen molar-refractivity contribution in [3.63, 3.8) is 0 Å². The molecule has 4 N–H and O–H groups in total. The van der Waals surface area contributed by atoms with Crippen LogP contribution < -0.4 is 16.0 Å². The van der Waals surface area contributed by atoms with Gasteiger partial charge in [0, 0.05) is 18.0 Å². The molecule has 1 atom stereocenters. The number of hydrogen-bond donors (Lipinski definition) is 3. The van der Waals surface area contributed by atoms with Crippen molar-refractivity contribution >= 4 is 10.9 Å². The second-order valence-corrected chi connectivity index (χ2v) is 5.29. The second-order valence-electron chi connectivity index (χ2n) is 5.29. The maximum atomic E-state index is 11.7. The third kappa shape index (κ3) is 3.26. The van der Waals surface area contributed by atoms with Gasteiger partial charge in [0.1, 0.15) is 12.4 Å². The van der Waals surface area contributed by atoms with Crippen LogP contribution in [0.3, 0.4) is 0 Å². The van der Waals surface area contributed by atoms with E-state index in [0.717, 1.165) is 10.9 Å². The van der Waals surface area contributed by atoms with E-state index in [4.69, 9.17) is 10.5 Å². The molecule has 5 nitrogen and oxygen atoms in total. The predicted octanol–water partition coefficient (Wildman–Crippen LogP) is 2.10. The molecule has 0 radical (unpaired) electrons. The van der Waals surface area contributed by atoms with Gasteiger partial charge < -0.3 is 20.6 Å². The van der Waals surface area contributed by atoms with Gasteiger partial charge in [-0.2, -0.15) is 0 Å². The van der Waals surface area contributed by atoms with Crippen LogP contribution >= 0.6 is 0 Å². The lowest BCUT2D eigenvalue weighted by atomic mass is 10.0. The van der Waals surface area contributed by atoms with Crippen LogP contribution in [0.4, 0.5) is 0 Å². The highest BCUT2D eigenvalue weighted by molar-refractivity contribution is 5.87.